The average Bonchev–Trinajstić information content (AvgIpc) is 2.98. The molecule has 0 unspecified atom stereocenters. The lowest BCUT2D eigenvalue weighted by Crippen LogP contribution is -2.07. The highest BCUT2D eigenvalue weighted by molar-refractivity contribution is 5.87. The van der Waals surface area contributed by atoms with Crippen LogP contribution < -0.4 is 0 Å². The molecule has 0 amide bonds. The number of nitriles is 1. The van der Waals surface area contributed by atoms with E-state index in [1.165, 1.54) is 0 Å². The Morgan fingerprint density at radius 2 is 2.23 bits per heavy atom. The highest BCUT2D eigenvalue weighted by Crippen LogP contribution is 2.20. The lowest BCUT2D eigenvalue weighted by atomic mass is 10.1. The van der Waals surface area contributed by atoms with E-state index in [4.69, 9.17) is 10.00 Å². The lowest BCUT2D eigenvalue weighted by Gasteiger charge is -2.00. The fourth-order valence-corrected chi connectivity index (χ4v) is 2.09. The summed E-state index contributed by atoms with van der Waals surface area (Å²) in [6, 6.07) is 12.6. The van der Waals surface area contributed by atoms with E-state index in [1.807, 2.05) is 6.07 Å². The monoisotopic (exact) mass is 292 g/mol. The Kier molecular flexibility index (Phi) is 3.54. The van der Waals surface area contributed by atoms with Crippen molar-refractivity contribution in [3.05, 3.63) is 53.9 Å². The Hall–Kier alpha value is -3.20. The molecule has 0 N–H and O–H groups in total. The summed E-state index contributed by atoms with van der Waals surface area (Å²) in [7, 11) is 0. The molecule has 108 valence electrons. The van der Waals surface area contributed by atoms with Gasteiger partial charge in [-0.3, -0.25) is 0 Å². The number of hydrogen-bond acceptors (Lipinski definition) is 5. The highest BCUT2D eigenvalue weighted by atomic mass is 16.5. The number of esters is 1. The van der Waals surface area contributed by atoms with Crippen LogP contribution in [0.2, 0.25) is 0 Å². The molecule has 2 heterocycles. The van der Waals surface area contributed by atoms with Gasteiger partial charge in [-0.2, -0.15) is 10.4 Å². The van der Waals surface area contributed by atoms with Gasteiger partial charge in [0.1, 0.15) is 0 Å². The molecule has 22 heavy (non-hydrogen) atoms. The molecular formula is C16H12N4O2. The highest BCUT2D eigenvalue weighted by Gasteiger charge is 2.11. The van der Waals surface area contributed by atoms with Crippen molar-refractivity contribution in [2.45, 2.75) is 6.92 Å². The summed E-state index contributed by atoms with van der Waals surface area (Å²) >= 11 is 0. The number of ether oxygens (including phenoxy) is 1. The summed E-state index contributed by atoms with van der Waals surface area (Å²) in [4.78, 5) is 15.9. The van der Waals surface area contributed by atoms with Crippen molar-refractivity contribution in [1.29, 1.82) is 5.26 Å². The second kappa shape index (κ2) is 5.66. The normalized spacial score (nSPS) is 10.4. The molecule has 0 saturated carbocycles. The molecule has 3 aromatic rings. The minimum absolute atomic E-state index is 0.242. The molecule has 6 heteroatoms. The van der Waals surface area contributed by atoms with E-state index in [-0.39, 0.29) is 5.69 Å². The summed E-state index contributed by atoms with van der Waals surface area (Å²) in [5.74, 6) is -0.459. The first kappa shape index (κ1) is 13.8. The molecule has 2 aromatic heterocycles. The van der Waals surface area contributed by atoms with E-state index in [1.54, 1.807) is 48.0 Å². The zero-order valence-corrected chi connectivity index (χ0v) is 11.9. The van der Waals surface area contributed by atoms with Gasteiger partial charge in [0, 0.05) is 17.8 Å². The minimum atomic E-state index is -0.459. The van der Waals surface area contributed by atoms with Crippen LogP contribution in [0.4, 0.5) is 0 Å². The van der Waals surface area contributed by atoms with Crippen LogP contribution in [-0.2, 0) is 4.74 Å². The predicted octanol–water partition coefficient (Wildman–Crippen LogP) is 2.44. The van der Waals surface area contributed by atoms with Crippen LogP contribution in [0.3, 0.4) is 0 Å². The Morgan fingerprint density at radius 1 is 1.36 bits per heavy atom. The summed E-state index contributed by atoms with van der Waals surface area (Å²) < 4.78 is 6.51. The topological polar surface area (TPSA) is 80.3 Å². The quantitative estimate of drug-likeness (QED) is 0.693. The van der Waals surface area contributed by atoms with Crippen molar-refractivity contribution in [3.8, 4) is 17.3 Å². The SMILES string of the molecule is CCOC(=O)c1ccn2nc(-c3cccc(C#N)c3)cc2n1. The Bertz CT molecular complexity index is 893. The fourth-order valence-electron chi connectivity index (χ4n) is 2.09. The standard InChI is InChI=1S/C16H12N4O2/c1-2-22-16(21)13-6-7-20-15(18-13)9-14(19-20)12-5-3-4-11(8-12)10-17/h3-9H,2H2,1H3. The number of benzene rings is 1. The molecule has 0 aliphatic heterocycles. The molecule has 3 rings (SSSR count). The van der Waals surface area contributed by atoms with Gasteiger partial charge < -0.3 is 4.74 Å². The Balaban J connectivity index is 2.02. The first-order chi connectivity index (χ1) is 10.7. The molecular weight excluding hydrogens is 280 g/mol. The van der Waals surface area contributed by atoms with Crippen molar-refractivity contribution in [2.24, 2.45) is 0 Å². The van der Waals surface area contributed by atoms with Crippen LogP contribution in [-0.4, -0.2) is 27.2 Å². The van der Waals surface area contributed by atoms with Gasteiger partial charge in [0.25, 0.3) is 0 Å². The van der Waals surface area contributed by atoms with Gasteiger partial charge in [-0.05, 0) is 25.1 Å². The number of nitrogens with zero attached hydrogens (tertiary/aromatic N) is 4. The number of aromatic nitrogens is 3. The van der Waals surface area contributed by atoms with Crippen molar-refractivity contribution < 1.29 is 9.53 Å². The van der Waals surface area contributed by atoms with Crippen LogP contribution in [0.1, 0.15) is 23.0 Å². The summed E-state index contributed by atoms with van der Waals surface area (Å²) in [6.07, 6.45) is 1.66. The second-order valence-electron chi connectivity index (χ2n) is 4.56. The molecule has 0 fully saturated rings. The molecule has 0 radical (unpaired) electrons. The first-order valence-corrected chi connectivity index (χ1v) is 6.75. The van der Waals surface area contributed by atoms with Gasteiger partial charge in [0.05, 0.1) is 23.9 Å². The molecule has 6 nitrogen and oxygen atoms in total. The smallest absolute Gasteiger partial charge is 0.357 e. The summed E-state index contributed by atoms with van der Waals surface area (Å²) in [5, 5.41) is 13.4. The molecule has 0 aliphatic rings. The number of carbonyl (C=O) groups is 1. The van der Waals surface area contributed by atoms with E-state index in [0.717, 1.165) is 5.56 Å². The predicted molar refractivity (Wildman–Crippen MR) is 79.1 cm³/mol. The summed E-state index contributed by atoms with van der Waals surface area (Å²) in [6.45, 7) is 2.05. The van der Waals surface area contributed by atoms with E-state index in [2.05, 4.69) is 16.2 Å². The third-order valence-electron chi connectivity index (χ3n) is 3.10. The van der Waals surface area contributed by atoms with E-state index in [0.29, 0.717) is 23.5 Å². The fraction of sp³-hybridized carbons (Fsp3) is 0.125. The third kappa shape index (κ3) is 2.52. The summed E-state index contributed by atoms with van der Waals surface area (Å²) in [5.41, 5.74) is 2.86. The van der Waals surface area contributed by atoms with Crippen molar-refractivity contribution in [2.75, 3.05) is 6.61 Å². The van der Waals surface area contributed by atoms with Gasteiger partial charge in [0.2, 0.25) is 0 Å². The van der Waals surface area contributed by atoms with Crippen LogP contribution in [0.15, 0.2) is 42.6 Å². The molecule has 0 saturated heterocycles. The first-order valence-electron chi connectivity index (χ1n) is 6.75. The molecule has 1 aromatic carbocycles. The molecule has 0 spiro atoms. The number of carbonyl (C=O) groups excluding carboxylic acids is 1. The third-order valence-corrected chi connectivity index (χ3v) is 3.10. The average molecular weight is 292 g/mol. The van der Waals surface area contributed by atoms with Crippen molar-refractivity contribution in [1.82, 2.24) is 14.6 Å². The Morgan fingerprint density at radius 3 is 3.00 bits per heavy atom. The maximum atomic E-state index is 11.7. The molecule has 0 atom stereocenters. The van der Waals surface area contributed by atoms with Gasteiger partial charge in [-0.15, -0.1) is 0 Å². The lowest BCUT2D eigenvalue weighted by molar-refractivity contribution is 0.0519. The number of hydrogen-bond donors (Lipinski definition) is 0. The van der Waals surface area contributed by atoms with Crippen molar-refractivity contribution in [3.63, 3.8) is 0 Å². The number of fused-ring (bicyclic) bond motifs is 1. The zero-order chi connectivity index (χ0) is 15.5. The maximum absolute atomic E-state index is 11.7. The van der Waals surface area contributed by atoms with Crippen LogP contribution in [0.5, 0.6) is 0 Å². The number of rotatable bonds is 3. The van der Waals surface area contributed by atoms with Gasteiger partial charge in [-0.1, -0.05) is 12.1 Å². The maximum Gasteiger partial charge on any atom is 0.357 e. The largest absolute Gasteiger partial charge is 0.461 e. The second-order valence-corrected chi connectivity index (χ2v) is 4.56. The van der Waals surface area contributed by atoms with Crippen LogP contribution in [0, 0.1) is 11.3 Å². The zero-order valence-electron chi connectivity index (χ0n) is 11.9. The van der Waals surface area contributed by atoms with E-state index < -0.39 is 5.97 Å². The van der Waals surface area contributed by atoms with Crippen molar-refractivity contribution >= 4 is 11.6 Å². The van der Waals surface area contributed by atoms with Crippen LogP contribution >= 0.6 is 0 Å². The van der Waals surface area contributed by atoms with Gasteiger partial charge in [0.15, 0.2) is 11.3 Å². The minimum Gasteiger partial charge on any atom is -0.461 e. The van der Waals surface area contributed by atoms with Gasteiger partial charge >= 0.3 is 5.97 Å². The molecule has 0 bridgehead atoms. The molecule has 0 aliphatic carbocycles. The Labute approximate surface area is 126 Å². The van der Waals surface area contributed by atoms with Crippen LogP contribution in [0.25, 0.3) is 16.9 Å². The van der Waals surface area contributed by atoms with E-state index in [9.17, 15) is 4.79 Å². The van der Waals surface area contributed by atoms with E-state index >= 15 is 0 Å². The van der Waals surface area contributed by atoms with Gasteiger partial charge in [-0.25, -0.2) is 14.3 Å².